The van der Waals surface area contributed by atoms with E-state index >= 15 is 0 Å². The number of hydrogen-bond donors (Lipinski definition) is 2. The van der Waals surface area contributed by atoms with Gasteiger partial charge in [-0.3, -0.25) is 0 Å². The molecule has 0 saturated carbocycles. The second-order valence-electron chi connectivity index (χ2n) is 4.87. The highest BCUT2D eigenvalue weighted by Crippen LogP contribution is 2.35. The molecule has 0 spiro atoms. The van der Waals surface area contributed by atoms with E-state index in [-0.39, 0.29) is 18.9 Å². The number of β-amino-alcohol motifs (C(OH)–C–C–N with tert-alkyl or cyclic N) is 1. The van der Waals surface area contributed by atoms with Gasteiger partial charge in [-0.2, -0.15) is 4.98 Å². The van der Waals surface area contributed by atoms with Crippen molar-refractivity contribution in [3.8, 4) is 22.9 Å². The maximum Gasteiger partial charge on any atom is 0.244 e. The molecule has 7 heteroatoms. The molecule has 0 bridgehead atoms. The van der Waals surface area contributed by atoms with Crippen LogP contribution in [0.15, 0.2) is 22.7 Å². The van der Waals surface area contributed by atoms with E-state index in [1.165, 1.54) is 0 Å². The van der Waals surface area contributed by atoms with E-state index in [0.29, 0.717) is 30.4 Å². The Bertz CT molecular complexity index is 642. The Kier molecular flexibility index (Phi) is 2.61. The predicted molar refractivity (Wildman–Crippen MR) is 67.2 cm³/mol. The molecule has 1 fully saturated rings. The molecule has 1 aromatic heterocycles. The number of fused-ring (bicyclic) bond motifs is 1. The maximum absolute atomic E-state index is 9.51. The van der Waals surface area contributed by atoms with Crippen molar-refractivity contribution in [2.75, 3.05) is 13.3 Å². The van der Waals surface area contributed by atoms with Gasteiger partial charge in [0.05, 0.1) is 12.1 Å². The van der Waals surface area contributed by atoms with Crippen molar-refractivity contribution in [3.63, 3.8) is 0 Å². The monoisotopic (exact) mass is 275 g/mol. The molecule has 0 radical (unpaired) electrons. The number of nitrogens with one attached hydrogen (secondary N) is 1. The molecule has 3 heterocycles. The number of ether oxygens (including phenoxy) is 2. The minimum absolute atomic E-state index is 0.0831. The van der Waals surface area contributed by atoms with Crippen molar-refractivity contribution in [1.29, 1.82) is 0 Å². The van der Waals surface area contributed by atoms with Crippen molar-refractivity contribution in [1.82, 2.24) is 15.5 Å². The van der Waals surface area contributed by atoms with Crippen LogP contribution in [0.2, 0.25) is 0 Å². The summed E-state index contributed by atoms with van der Waals surface area (Å²) in [6, 6.07) is 5.43. The Morgan fingerprint density at radius 3 is 3.00 bits per heavy atom. The number of aliphatic hydroxyl groups excluding tert-OH is 1. The smallest absolute Gasteiger partial charge is 0.244 e. The minimum Gasteiger partial charge on any atom is -0.454 e. The molecule has 1 aromatic carbocycles. The summed E-state index contributed by atoms with van der Waals surface area (Å²) < 4.78 is 15.9. The summed E-state index contributed by atoms with van der Waals surface area (Å²) >= 11 is 0. The SMILES string of the molecule is OC1CNC(c2nc(-c3ccc4c(c3)OCO4)no2)C1. The molecule has 1 saturated heterocycles. The normalized spacial score (nSPS) is 24.2. The molecule has 104 valence electrons. The van der Waals surface area contributed by atoms with Gasteiger partial charge in [-0.05, 0) is 24.6 Å². The molecule has 2 unspecified atom stereocenters. The fourth-order valence-electron chi connectivity index (χ4n) is 2.43. The summed E-state index contributed by atoms with van der Waals surface area (Å²) in [5.74, 6) is 2.40. The van der Waals surface area contributed by atoms with Crippen LogP contribution >= 0.6 is 0 Å². The highest BCUT2D eigenvalue weighted by molar-refractivity contribution is 5.61. The van der Waals surface area contributed by atoms with Crippen molar-refractivity contribution < 1.29 is 19.1 Å². The molecule has 0 amide bonds. The number of aromatic nitrogens is 2. The van der Waals surface area contributed by atoms with Crippen LogP contribution in [-0.4, -0.2) is 34.7 Å². The fourth-order valence-corrected chi connectivity index (χ4v) is 2.43. The van der Waals surface area contributed by atoms with Gasteiger partial charge >= 0.3 is 0 Å². The maximum atomic E-state index is 9.51. The van der Waals surface area contributed by atoms with Crippen molar-refractivity contribution in [3.05, 3.63) is 24.1 Å². The lowest BCUT2D eigenvalue weighted by Gasteiger charge is -2.01. The van der Waals surface area contributed by atoms with Crippen LogP contribution in [0.3, 0.4) is 0 Å². The molecule has 20 heavy (non-hydrogen) atoms. The topological polar surface area (TPSA) is 89.6 Å². The van der Waals surface area contributed by atoms with Gasteiger partial charge in [-0.1, -0.05) is 5.16 Å². The minimum atomic E-state index is -0.360. The number of hydrogen-bond acceptors (Lipinski definition) is 7. The van der Waals surface area contributed by atoms with E-state index in [9.17, 15) is 5.11 Å². The van der Waals surface area contributed by atoms with Crippen LogP contribution in [0.25, 0.3) is 11.4 Å². The Labute approximate surface area is 114 Å². The van der Waals surface area contributed by atoms with Gasteiger partial charge in [0.15, 0.2) is 11.5 Å². The molecule has 2 aliphatic rings. The van der Waals surface area contributed by atoms with Gasteiger partial charge in [-0.25, -0.2) is 0 Å². The van der Waals surface area contributed by atoms with E-state index < -0.39 is 0 Å². The molecule has 2 aromatic rings. The quantitative estimate of drug-likeness (QED) is 0.840. The Hall–Kier alpha value is -2.12. The third-order valence-electron chi connectivity index (χ3n) is 3.48. The lowest BCUT2D eigenvalue weighted by molar-refractivity contribution is 0.174. The summed E-state index contributed by atoms with van der Waals surface area (Å²) in [5, 5.41) is 16.6. The van der Waals surface area contributed by atoms with Crippen LogP contribution < -0.4 is 14.8 Å². The van der Waals surface area contributed by atoms with E-state index in [1.807, 2.05) is 18.2 Å². The van der Waals surface area contributed by atoms with Gasteiger partial charge < -0.3 is 24.4 Å². The van der Waals surface area contributed by atoms with Gasteiger partial charge in [0.1, 0.15) is 0 Å². The zero-order valence-corrected chi connectivity index (χ0v) is 10.6. The fraction of sp³-hybridized carbons (Fsp3) is 0.385. The van der Waals surface area contributed by atoms with Gasteiger partial charge in [0, 0.05) is 12.1 Å². The Balaban J connectivity index is 1.61. The van der Waals surface area contributed by atoms with Crippen LogP contribution in [0.4, 0.5) is 0 Å². The van der Waals surface area contributed by atoms with E-state index in [0.717, 1.165) is 11.3 Å². The Morgan fingerprint density at radius 1 is 1.25 bits per heavy atom. The molecule has 0 aliphatic carbocycles. The second-order valence-corrected chi connectivity index (χ2v) is 4.87. The third-order valence-corrected chi connectivity index (χ3v) is 3.48. The average Bonchev–Trinajstić information content (AvgIpc) is 3.17. The van der Waals surface area contributed by atoms with Crippen LogP contribution in [0.5, 0.6) is 11.5 Å². The summed E-state index contributed by atoms with van der Waals surface area (Å²) in [6.07, 6.45) is 0.226. The standard InChI is InChI=1S/C13H13N3O4/c17-8-4-9(14-5-8)13-15-12(16-20-13)7-1-2-10-11(3-7)19-6-18-10/h1-3,8-9,14,17H,4-6H2. The third kappa shape index (κ3) is 1.91. The first-order chi connectivity index (χ1) is 9.79. The first-order valence-corrected chi connectivity index (χ1v) is 6.44. The Morgan fingerprint density at radius 2 is 2.15 bits per heavy atom. The molecular weight excluding hydrogens is 262 g/mol. The number of rotatable bonds is 2. The highest BCUT2D eigenvalue weighted by atomic mass is 16.7. The first-order valence-electron chi connectivity index (χ1n) is 6.44. The summed E-state index contributed by atoms with van der Waals surface area (Å²) in [5.41, 5.74) is 0.808. The summed E-state index contributed by atoms with van der Waals surface area (Å²) in [7, 11) is 0. The summed E-state index contributed by atoms with van der Waals surface area (Å²) in [4.78, 5) is 4.37. The van der Waals surface area contributed by atoms with E-state index in [4.69, 9.17) is 14.0 Å². The number of nitrogens with zero attached hydrogens (tertiary/aromatic N) is 2. The highest BCUT2D eigenvalue weighted by Gasteiger charge is 2.28. The lowest BCUT2D eigenvalue weighted by atomic mass is 10.2. The first kappa shape index (κ1) is 11.7. The number of benzene rings is 1. The molecule has 7 nitrogen and oxygen atoms in total. The van der Waals surface area contributed by atoms with E-state index in [1.54, 1.807) is 0 Å². The zero-order valence-electron chi connectivity index (χ0n) is 10.6. The van der Waals surface area contributed by atoms with Gasteiger partial charge in [0.25, 0.3) is 0 Å². The van der Waals surface area contributed by atoms with Gasteiger partial charge in [0.2, 0.25) is 18.5 Å². The summed E-state index contributed by atoms with van der Waals surface area (Å²) in [6.45, 7) is 0.784. The van der Waals surface area contributed by atoms with Crippen LogP contribution in [0, 0.1) is 0 Å². The van der Waals surface area contributed by atoms with Gasteiger partial charge in [-0.15, -0.1) is 0 Å². The van der Waals surface area contributed by atoms with Crippen molar-refractivity contribution >= 4 is 0 Å². The second kappa shape index (κ2) is 4.46. The average molecular weight is 275 g/mol. The molecule has 2 atom stereocenters. The van der Waals surface area contributed by atoms with Crippen molar-refractivity contribution in [2.24, 2.45) is 0 Å². The van der Waals surface area contributed by atoms with Crippen LogP contribution in [0.1, 0.15) is 18.4 Å². The number of aliphatic hydroxyl groups is 1. The largest absolute Gasteiger partial charge is 0.454 e. The molecular formula is C13H13N3O4. The molecule has 2 N–H and O–H groups in total. The van der Waals surface area contributed by atoms with E-state index in [2.05, 4.69) is 15.5 Å². The molecule has 2 aliphatic heterocycles. The predicted octanol–water partition coefficient (Wildman–Crippen LogP) is 0.861. The zero-order chi connectivity index (χ0) is 13.5. The molecule has 4 rings (SSSR count). The van der Waals surface area contributed by atoms with Crippen molar-refractivity contribution in [2.45, 2.75) is 18.6 Å². The lowest BCUT2D eigenvalue weighted by Crippen LogP contribution is -2.15. The van der Waals surface area contributed by atoms with Crippen LogP contribution in [-0.2, 0) is 0 Å².